The highest BCUT2D eigenvalue weighted by Gasteiger charge is 2.26. The lowest BCUT2D eigenvalue weighted by Crippen LogP contribution is -2.53. The van der Waals surface area contributed by atoms with Crippen LogP contribution in [-0.2, 0) is 9.59 Å². The van der Waals surface area contributed by atoms with E-state index >= 15 is 0 Å². The summed E-state index contributed by atoms with van der Waals surface area (Å²) in [5.41, 5.74) is 4.40. The summed E-state index contributed by atoms with van der Waals surface area (Å²) in [6, 6.07) is 0. The predicted molar refractivity (Wildman–Crippen MR) is 66.3 cm³/mol. The van der Waals surface area contributed by atoms with E-state index in [9.17, 15) is 9.59 Å². The Kier molecular flexibility index (Phi) is 4.93. The first-order chi connectivity index (χ1) is 7.93. The summed E-state index contributed by atoms with van der Waals surface area (Å²) in [6.45, 7) is 5.21. The lowest BCUT2D eigenvalue weighted by molar-refractivity contribution is -0.131. The van der Waals surface area contributed by atoms with E-state index in [-0.39, 0.29) is 12.5 Å². The van der Waals surface area contributed by atoms with Crippen LogP contribution in [0.5, 0.6) is 0 Å². The van der Waals surface area contributed by atoms with E-state index in [1.165, 1.54) is 12.8 Å². The first kappa shape index (κ1) is 14.0. The van der Waals surface area contributed by atoms with E-state index in [4.69, 9.17) is 5.73 Å². The molecule has 1 rings (SSSR count). The maximum absolute atomic E-state index is 11.9. The van der Waals surface area contributed by atoms with Crippen LogP contribution < -0.4 is 11.1 Å². The number of likely N-dealkylation sites (tertiary alicyclic amines) is 1. The number of carbonyl (C=O) groups is 2. The summed E-state index contributed by atoms with van der Waals surface area (Å²) in [6.07, 6.45) is 4.55. The van der Waals surface area contributed by atoms with Crippen LogP contribution in [0.15, 0.2) is 0 Å². The average Bonchev–Trinajstić information content (AvgIpc) is 2.54. The van der Waals surface area contributed by atoms with Gasteiger partial charge >= 0.3 is 0 Å². The van der Waals surface area contributed by atoms with Crippen molar-refractivity contribution in [3.63, 3.8) is 0 Å². The first-order valence-corrected chi connectivity index (χ1v) is 6.26. The van der Waals surface area contributed by atoms with Gasteiger partial charge in [-0.05, 0) is 26.7 Å². The zero-order chi connectivity index (χ0) is 12.9. The third-order valence-electron chi connectivity index (χ3n) is 3.26. The molecule has 0 saturated carbocycles. The van der Waals surface area contributed by atoms with Gasteiger partial charge in [-0.3, -0.25) is 14.9 Å². The number of primary amides is 1. The molecular formula is C12H23N3O2. The minimum atomic E-state index is -0.832. The van der Waals surface area contributed by atoms with Crippen molar-refractivity contribution in [3.8, 4) is 0 Å². The Morgan fingerprint density at radius 3 is 2.18 bits per heavy atom. The zero-order valence-electron chi connectivity index (χ0n) is 10.8. The molecule has 0 aromatic carbocycles. The molecule has 1 heterocycles. The fourth-order valence-corrected chi connectivity index (χ4v) is 1.82. The molecular weight excluding hydrogens is 218 g/mol. The summed E-state index contributed by atoms with van der Waals surface area (Å²) in [7, 11) is 0. The van der Waals surface area contributed by atoms with E-state index in [2.05, 4.69) is 5.32 Å². The second-order valence-electron chi connectivity index (χ2n) is 5.14. The van der Waals surface area contributed by atoms with E-state index in [0.29, 0.717) is 0 Å². The Morgan fingerprint density at radius 1 is 1.18 bits per heavy atom. The molecule has 17 heavy (non-hydrogen) atoms. The number of hydrogen-bond acceptors (Lipinski definition) is 3. The second-order valence-corrected chi connectivity index (χ2v) is 5.14. The molecule has 1 aliphatic heterocycles. The molecule has 1 saturated heterocycles. The highest BCUT2D eigenvalue weighted by Crippen LogP contribution is 2.09. The number of nitrogens with two attached hydrogens (primary N) is 1. The number of hydrogen-bond donors (Lipinski definition) is 2. The van der Waals surface area contributed by atoms with Crippen molar-refractivity contribution in [2.24, 2.45) is 5.73 Å². The van der Waals surface area contributed by atoms with Gasteiger partial charge in [-0.2, -0.15) is 0 Å². The Hall–Kier alpha value is -1.10. The molecule has 0 unspecified atom stereocenters. The lowest BCUT2D eigenvalue weighted by Gasteiger charge is -2.25. The fourth-order valence-electron chi connectivity index (χ4n) is 1.82. The summed E-state index contributed by atoms with van der Waals surface area (Å²) in [5, 5.41) is 2.91. The van der Waals surface area contributed by atoms with Crippen LogP contribution in [0.2, 0.25) is 0 Å². The monoisotopic (exact) mass is 241 g/mol. The predicted octanol–water partition coefficient (Wildman–Crippen LogP) is 0.243. The molecule has 3 N–H and O–H groups in total. The third-order valence-corrected chi connectivity index (χ3v) is 3.26. The minimum absolute atomic E-state index is 0.0567. The summed E-state index contributed by atoms with van der Waals surface area (Å²) in [5.74, 6) is -0.387. The van der Waals surface area contributed by atoms with Gasteiger partial charge in [0.2, 0.25) is 11.8 Å². The minimum Gasteiger partial charge on any atom is -0.368 e. The van der Waals surface area contributed by atoms with Gasteiger partial charge in [0.05, 0.1) is 12.1 Å². The van der Waals surface area contributed by atoms with Crippen molar-refractivity contribution in [2.45, 2.75) is 45.1 Å². The molecule has 0 bridgehead atoms. The van der Waals surface area contributed by atoms with E-state index in [1.807, 2.05) is 4.90 Å². The largest absolute Gasteiger partial charge is 0.368 e. The Bertz CT molecular complexity index is 281. The molecule has 5 heteroatoms. The maximum atomic E-state index is 11.9. The van der Waals surface area contributed by atoms with Crippen LogP contribution >= 0.6 is 0 Å². The fraction of sp³-hybridized carbons (Fsp3) is 0.833. The van der Waals surface area contributed by atoms with Crippen LogP contribution in [0.25, 0.3) is 0 Å². The van der Waals surface area contributed by atoms with Crippen LogP contribution in [0, 0.1) is 0 Å². The van der Waals surface area contributed by atoms with E-state index in [0.717, 1.165) is 25.9 Å². The molecule has 1 fully saturated rings. The molecule has 0 aromatic rings. The third kappa shape index (κ3) is 4.34. The summed E-state index contributed by atoms with van der Waals surface area (Å²) in [4.78, 5) is 24.9. The summed E-state index contributed by atoms with van der Waals surface area (Å²) >= 11 is 0. The molecule has 0 atom stereocenters. The normalized spacial score (nSPS) is 17.6. The molecule has 0 radical (unpaired) electrons. The van der Waals surface area contributed by atoms with Gasteiger partial charge in [0, 0.05) is 13.1 Å². The van der Waals surface area contributed by atoms with Gasteiger partial charge in [-0.15, -0.1) is 0 Å². The SMILES string of the molecule is CC(C)(NCC(=O)N1CCCCCC1)C(N)=O. The van der Waals surface area contributed by atoms with E-state index in [1.54, 1.807) is 13.8 Å². The standard InChI is InChI=1S/C12H23N3O2/c1-12(2,11(13)17)14-9-10(16)15-7-5-3-4-6-8-15/h14H,3-9H2,1-2H3,(H2,13,17). The van der Waals surface area contributed by atoms with Crippen molar-refractivity contribution >= 4 is 11.8 Å². The lowest BCUT2D eigenvalue weighted by atomic mass is 10.1. The number of amides is 2. The van der Waals surface area contributed by atoms with Crippen molar-refractivity contribution in [2.75, 3.05) is 19.6 Å². The Morgan fingerprint density at radius 2 is 1.71 bits per heavy atom. The van der Waals surface area contributed by atoms with Crippen molar-refractivity contribution < 1.29 is 9.59 Å². The van der Waals surface area contributed by atoms with Crippen LogP contribution in [0.1, 0.15) is 39.5 Å². The Labute approximate surface area is 103 Å². The van der Waals surface area contributed by atoms with Gasteiger partial charge in [0.25, 0.3) is 0 Å². The molecule has 0 aromatic heterocycles. The zero-order valence-corrected chi connectivity index (χ0v) is 10.8. The van der Waals surface area contributed by atoms with Gasteiger partial charge in [-0.25, -0.2) is 0 Å². The molecule has 1 aliphatic rings. The number of nitrogens with zero attached hydrogens (tertiary/aromatic N) is 1. The molecule has 98 valence electrons. The quantitative estimate of drug-likeness (QED) is 0.740. The molecule has 2 amide bonds. The van der Waals surface area contributed by atoms with Crippen LogP contribution in [0.3, 0.4) is 0 Å². The molecule has 5 nitrogen and oxygen atoms in total. The van der Waals surface area contributed by atoms with Gasteiger partial charge in [-0.1, -0.05) is 12.8 Å². The number of rotatable bonds is 4. The number of nitrogens with one attached hydrogen (secondary N) is 1. The topological polar surface area (TPSA) is 75.4 Å². The van der Waals surface area contributed by atoms with Gasteiger partial charge in [0.1, 0.15) is 0 Å². The second kappa shape index (κ2) is 6.00. The highest BCUT2D eigenvalue weighted by atomic mass is 16.2. The van der Waals surface area contributed by atoms with Crippen LogP contribution in [0.4, 0.5) is 0 Å². The molecule has 0 spiro atoms. The van der Waals surface area contributed by atoms with Crippen molar-refractivity contribution in [1.29, 1.82) is 0 Å². The van der Waals surface area contributed by atoms with Gasteiger partial charge < -0.3 is 10.6 Å². The molecule has 0 aliphatic carbocycles. The van der Waals surface area contributed by atoms with E-state index < -0.39 is 11.4 Å². The van der Waals surface area contributed by atoms with Crippen molar-refractivity contribution in [3.05, 3.63) is 0 Å². The average molecular weight is 241 g/mol. The van der Waals surface area contributed by atoms with Gasteiger partial charge in [0.15, 0.2) is 0 Å². The number of carbonyl (C=O) groups excluding carboxylic acids is 2. The highest BCUT2D eigenvalue weighted by molar-refractivity contribution is 5.85. The summed E-state index contributed by atoms with van der Waals surface area (Å²) < 4.78 is 0. The van der Waals surface area contributed by atoms with Crippen LogP contribution in [-0.4, -0.2) is 41.9 Å². The first-order valence-electron chi connectivity index (χ1n) is 6.26. The Balaban J connectivity index is 2.40. The maximum Gasteiger partial charge on any atom is 0.237 e. The van der Waals surface area contributed by atoms with Crippen molar-refractivity contribution in [1.82, 2.24) is 10.2 Å². The smallest absolute Gasteiger partial charge is 0.237 e.